The first-order valence-electron chi connectivity index (χ1n) is 7.22. The summed E-state index contributed by atoms with van der Waals surface area (Å²) < 4.78 is 0. The molecule has 0 aromatic heterocycles. The second-order valence-electron chi connectivity index (χ2n) is 5.44. The van der Waals surface area contributed by atoms with Crippen LogP contribution in [0.25, 0.3) is 0 Å². The number of benzene rings is 2. The Morgan fingerprint density at radius 3 is 2.67 bits per heavy atom. The minimum atomic E-state index is -0.451. The van der Waals surface area contributed by atoms with Gasteiger partial charge in [0.2, 0.25) is 5.91 Å². The van der Waals surface area contributed by atoms with Crippen LogP contribution in [0.5, 0.6) is 0 Å². The van der Waals surface area contributed by atoms with Crippen molar-refractivity contribution in [1.82, 2.24) is 0 Å². The van der Waals surface area contributed by atoms with Crippen LogP contribution in [0, 0.1) is 0 Å². The summed E-state index contributed by atoms with van der Waals surface area (Å²) in [5, 5.41) is 3.36. The summed E-state index contributed by atoms with van der Waals surface area (Å²) >= 11 is 0. The maximum atomic E-state index is 11.3. The van der Waals surface area contributed by atoms with Crippen molar-refractivity contribution in [2.75, 3.05) is 11.1 Å². The van der Waals surface area contributed by atoms with Gasteiger partial charge in [0.05, 0.1) is 11.4 Å². The molecular formula is C17H19N3O. The predicted molar refractivity (Wildman–Crippen MR) is 85.7 cm³/mol. The van der Waals surface area contributed by atoms with E-state index in [1.165, 1.54) is 24.0 Å². The summed E-state index contributed by atoms with van der Waals surface area (Å²) in [5.74, 6) is -0.451. The summed E-state index contributed by atoms with van der Waals surface area (Å²) in [6.45, 7) is 0. The number of primary amides is 1. The number of fused-ring (bicyclic) bond motifs is 1. The van der Waals surface area contributed by atoms with Gasteiger partial charge < -0.3 is 16.8 Å². The van der Waals surface area contributed by atoms with Crippen molar-refractivity contribution >= 4 is 23.0 Å². The Kier molecular flexibility index (Phi) is 3.52. The molecule has 0 unspecified atom stereocenters. The lowest BCUT2D eigenvalue weighted by molar-refractivity contribution is 0.100. The zero-order valence-corrected chi connectivity index (χ0v) is 11.9. The molecule has 0 heterocycles. The molecule has 0 atom stereocenters. The fourth-order valence-electron chi connectivity index (χ4n) is 2.86. The second kappa shape index (κ2) is 5.48. The fraction of sp³-hybridized carbons (Fsp3) is 0.235. The molecule has 0 fully saturated rings. The van der Waals surface area contributed by atoms with Crippen LogP contribution in [0.15, 0.2) is 36.4 Å². The molecule has 2 aromatic carbocycles. The summed E-state index contributed by atoms with van der Waals surface area (Å²) in [5.41, 5.74) is 16.9. The maximum absolute atomic E-state index is 11.3. The van der Waals surface area contributed by atoms with Crippen molar-refractivity contribution in [3.8, 4) is 0 Å². The SMILES string of the molecule is NC(=O)c1ccc(N)c(Nc2cccc3c2CCCC3)c1. The van der Waals surface area contributed by atoms with Crippen molar-refractivity contribution in [1.29, 1.82) is 0 Å². The van der Waals surface area contributed by atoms with E-state index in [0.717, 1.165) is 24.2 Å². The van der Waals surface area contributed by atoms with Gasteiger partial charge in [-0.3, -0.25) is 4.79 Å². The highest BCUT2D eigenvalue weighted by molar-refractivity contribution is 5.95. The van der Waals surface area contributed by atoms with E-state index in [0.29, 0.717) is 11.3 Å². The Hall–Kier alpha value is -2.49. The topological polar surface area (TPSA) is 81.1 Å². The van der Waals surface area contributed by atoms with Crippen molar-refractivity contribution in [2.45, 2.75) is 25.7 Å². The zero-order valence-electron chi connectivity index (χ0n) is 11.9. The average Bonchev–Trinajstić information content (AvgIpc) is 2.49. The number of amides is 1. The van der Waals surface area contributed by atoms with Gasteiger partial charge in [0.15, 0.2) is 0 Å². The number of carbonyl (C=O) groups is 1. The normalized spacial score (nSPS) is 13.5. The summed E-state index contributed by atoms with van der Waals surface area (Å²) in [6, 6.07) is 11.4. The van der Waals surface area contributed by atoms with E-state index in [-0.39, 0.29) is 0 Å². The number of hydrogen-bond acceptors (Lipinski definition) is 3. The standard InChI is InChI=1S/C17H19N3O/c18-14-9-8-12(17(19)21)10-16(14)20-15-7-3-5-11-4-1-2-6-13(11)15/h3,5,7-10,20H,1-2,4,6,18H2,(H2,19,21). The first kappa shape index (κ1) is 13.5. The Morgan fingerprint density at radius 1 is 1.05 bits per heavy atom. The minimum absolute atomic E-state index is 0.451. The van der Waals surface area contributed by atoms with Crippen LogP contribution >= 0.6 is 0 Å². The number of aryl methyl sites for hydroxylation is 1. The molecule has 0 saturated carbocycles. The van der Waals surface area contributed by atoms with Gasteiger partial charge in [-0.05, 0) is 61.1 Å². The quantitative estimate of drug-likeness (QED) is 0.756. The van der Waals surface area contributed by atoms with Crippen molar-refractivity contribution in [3.05, 3.63) is 53.1 Å². The summed E-state index contributed by atoms with van der Waals surface area (Å²) in [4.78, 5) is 11.3. The van der Waals surface area contributed by atoms with Gasteiger partial charge >= 0.3 is 0 Å². The molecule has 5 N–H and O–H groups in total. The molecule has 1 amide bonds. The third kappa shape index (κ3) is 2.70. The lowest BCUT2D eigenvalue weighted by atomic mass is 9.90. The Morgan fingerprint density at radius 2 is 1.86 bits per heavy atom. The van der Waals surface area contributed by atoms with Gasteiger partial charge in [-0.25, -0.2) is 0 Å². The van der Waals surface area contributed by atoms with Gasteiger partial charge in [0.1, 0.15) is 0 Å². The zero-order chi connectivity index (χ0) is 14.8. The van der Waals surface area contributed by atoms with Gasteiger partial charge in [0.25, 0.3) is 0 Å². The van der Waals surface area contributed by atoms with Crippen LogP contribution in [0.3, 0.4) is 0 Å². The minimum Gasteiger partial charge on any atom is -0.397 e. The molecule has 3 rings (SSSR count). The van der Waals surface area contributed by atoms with E-state index in [1.54, 1.807) is 18.2 Å². The van der Waals surface area contributed by atoms with Crippen LogP contribution in [0.1, 0.15) is 34.3 Å². The number of rotatable bonds is 3. The van der Waals surface area contributed by atoms with E-state index in [1.807, 2.05) is 0 Å². The third-order valence-corrected chi connectivity index (χ3v) is 4.00. The number of hydrogen-bond donors (Lipinski definition) is 3. The molecule has 21 heavy (non-hydrogen) atoms. The molecule has 0 radical (unpaired) electrons. The van der Waals surface area contributed by atoms with Gasteiger partial charge in [-0.1, -0.05) is 12.1 Å². The molecule has 1 aliphatic carbocycles. The van der Waals surface area contributed by atoms with Crippen molar-refractivity contribution < 1.29 is 4.79 Å². The molecule has 1 aliphatic rings. The van der Waals surface area contributed by atoms with E-state index in [9.17, 15) is 4.79 Å². The number of nitrogen functional groups attached to an aromatic ring is 1. The van der Waals surface area contributed by atoms with Gasteiger partial charge in [-0.15, -0.1) is 0 Å². The Labute approximate surface area is 124 Å². The molecule has 4 heteroatoms. The molecule has 0 saturated heterocycles. The summed E-state index contributed by atoms with van der Waals surface area (Å²) in [6.07, 6.45) is 4.66. The number of nitrogens with one attached hydrogen (secondary N) is 1. The van der Waals surface area contributed by atoms with E-state index >= 15 is 0 Å². The smallest absolute Gasteiger partial charge is 0.248 e. The third-order valence-electron chi connectivity index (χ3n) is 4.00. The number of nitrogens with two attached hydrogens (primary N) is 2. The van der Waals surface area contributed by atoms with Crippen LogP contribution in [0.2, 0.25) is 0 Å². The first-order chi connectivity index (χ1) is 10.1. The van der Waals surface area contributed by atoms with E-state index in [2.05, 4.69) is 23.5 Å². The second-order valence-corrected chi connectivity index (χ2v) is 5.44. The lowest BCUT2D eigenvalue weighted by Crippen LogP contribution is -2.12. The fourth-order valence-corrected chi connectivity index (χ4v) is 2.86. The molecular weight excluding hydrogens is 262 g/mol. The van der Waals surface area contributed by atoms with Crippen LogP contribution in [-0.4, -0.2) is 5.91 Å². The van der Waals surface area contributed by atoms with Crippen LogP contribution < -0.4 is 16.8 Å². The average molecular weight is 281 g/mol. The molecule has 2 aromatic rings. The van der Waals surface area contributed by atoms with Crippen LogP contribution in [0.4, 0.5) is 17.1 Å². The Bertz CT molecular complexity index is 694. The van der Waals surface area contributed by atoms with Gasteiger partial charge in [-0.2, -0.15) is 0 Å². The highest BCUT2D eigenvalue weighted by Gasteiger charge is 2.14. The van der Waals surface area contributed by atoms with Crippen molar-refractivity contribution in [3.63, 3.8) is 0 Å². The van der Waals surface area contributed by atoms with Crippen LogP contribution in [-0.2, 0) is 12.8 Å². The Balaban J connectivity index is 1.97. The predicted octanol–water partition coefficient (Wildman–Crippen LogP) is 2.99. The molecule has 0 bridgehead atoms. The maximum Gasteiger partial charge on any atom is 0.248 e. The highest BCUT2D eigenvalue weighted by atomic mass is 16.1. The van der Waals surface area contributed by atoms with Gasteiger partial charge in [0, 0.05) is 11.3 Å². The van der Waals surface area contributed by atoms with E-state index in [4.69, 9.17) is 11.5 Å². The first-order valence-corrected chi connectivity index (χ1v) is 7.22. The lowest BCUT2D eigenvalue weighted by Gasteiger charge is -2.21. The monoisotopic (exact) mass is 281 g/mol. The van der Waals surface area contributed by atoms with Crippen molar-refractivity contribution in [2.24, 2.45) is 5.73 Å². The highest BCUT2D eigenvalue weighted by Crippen LogP contribution is 2.32. The molecule has 0 aliphatic heterocycles. The molecule has 0 spiro atoms. The van der Waals surface area contributed by atoms with E-state index < -0.39 is 5.91 Å². The molecule has 4 nitrogen and oxygen atoms in total. The number of anilines is 3. The number of carbonyl (C=O) groups excluding carboxylic acids is 1. The summed E-state index contributed by atoms with van der Waals surface area (Å²) in [7, 11) is 0. The molecule has 108 valence electrons. The largest absolute Gasteiger partial charge is 0.397 e.